The molecule has 0 radical (unpaired) electrons. The lowest BCUT2D eigenvalue weighted by Gasteiger charge is -2.32. The van der Waals surface area contributed by atoms with Crippen LogP contribution in [0.3, 0.4) is 0 Å². The number of aromatic nitrogens is 1. The predicted molar refractivity (Wildman–Crippen MR) is 72.0 cm³/mol. The van der Waals surface area contributed by atoms with Crippen molar-refractivity contribution in [1.82, 2.24) is 15.2 Å². The third kappa shape index (κ3) is 2.99. The first-order valence-corrected chi connectivity index (χ1v) is 6.48. The highest BCUT2D eigenvalue weighted by Crippen LogP contribution is 2.18. The number of rotatable bonds is 3. The summed E-state index contributed by atoms with van der Waals surface area (Å²) in [4.78, 5) is 40.4. The summed E-state index contributed by atoms with van der Waals surface area (Å²) in [5, 5.41) is 4.99. The molecule has 1 fully saturated rings. The standard InChI is InChI=1S/C13H15FN4O3/c1-3-15-11-9(4-8(14)5-16-11)13(21)18-6-10(19)17-12(20)7(18)2/h4-5,7H,3,6H2,1-2H3,(H,15,16)(H,17,19,20). The molecular weight excluding hydrogens is 279 g/mol. The molecule has 2 heterocycles. The van der Waals surface area contributed by atoms with Gasteiger partial charge in [0.25, 0.3) is 5.91 Å². The number of imide groups is 1. The highest BCUT2D eigenvalue weighted by atomic mass is 19.1. The summed E-state index contributed by atoms with van der Waals surface area (Å²) < 4.78 is 13.4. The summed E-state index contributed by atoms with van der Waals surface area (Å²) in [6, 6.07) is 0.227. The Labute approximate surface area is 120 Å². The van der Waals surface area contributed by atoms with E-state index in [0.29, 0.717) is 6.54 Å². The molecule has 1 aliphatic rings. The number of hydrogen-bond donors (Lipinski definition) is 2. The van der Waals surface area contributed by atoms with Gasteiger partial charge in [-0.1, -0.05) is 0 Å². The van der Waals surface area contributed by atoms with Gasteiger partial charge in [-0.2, -0.15) is 0 Å². The molecule has 1 unspecified atom stereocenters. The van der Waals surface area contributed by atoms with Crippen molar-refractivity contribution >= 4 is 23.5 Å². The van der Waals surface area contributed by atoms with Crippen molar-refractivity contribution in [1.29, 1.82) is 0 Å². The van der Waals surface area contributed by atoms with Crippen LogP contribution in [0.1, 0.15) is 24.2 Å². The second-order valence-corrected chi connectivity index (χ2v) is 4.60. The lowest BCUT2D eigenvalue weighted by Crippen LogP contribution is -2.58. The van der Waals surface area contributed by atoms with Gasteiger partial charge in [0.1, 0.15) is 24.2 Å². The maximum atomic E-state index is 13.4. The molecule has 21 heavy (non-hydrogen) atoms. The van der Waals surface area contributed by atoms with E-state index >= 15 is 0 Å². The topological polar surface area (TPSA) is 91.4 Å². The van der Waals surface area contributed by atoms with E-state index in [2.05, 4.69) is 15.6 Å². The Hall–Kier alpha value is -2.51. The Morgan fingerprint density at radius 1 is 1.57 bits per heavy atom. The molecule has 0 aliphatic carbocycles. The van der Waals surface area contributed by atoms with Gasteiger partial charge in [-0.3, -0.25) is 19.7 Å². The molecule has 2 rings (SSSR count). The summed E-state index contributed by atoms with van der Waals surface area (Å²) in [6.07, 6.45) is 0.992. The minimum absolute atomic E-state index is 0.00815. The first kappa shape index (κ1) is 14.9. The lowest BCUT2D eigenvalue weighted by molar-refractivity contribution is -0.138. The Kier molecular flexibility index (Phi) is 4.15. The van der Waals surface area contributed by atoms with Crippen LogP contribution in [0.2, 0.25) is 0 Å². The van der Waals surface area contributed by atoms with Gasteiger partial charge in [0.15, 0.2) is 0 Å². The maximum Gasteiger partial charge on any atom is 0.258 e. The number of carbonyl (C=O) groups excluding carboxylic acids is 3. The van der Waals surface area contributed by atoms with Crippen molar-refractivity contribution in [2.45, 2.75) is 19.9 Å². The van der Waals surface area contributed by atoms with Crippen molar-refractivity contribution in [2.24, 2.45) is 0 Å². The largest absolute Gasteiger partial charge is 0.370 e. The average molecular weight is 294 g/mol. The number of carbonyl (C=O) groups is 3. The fourth-order valence-corrected chi connectivity index (χ4v) is 2.03. The van der Waals surface area contributed by atoms with Gasteiger partial charge in [-0.05, 0) is 19.9 Å². The van der Waals surface area contributed by atoms with Crippen molar-refractivity contribution in [3.05, 3.63) is 23.6 Å². The molecule has 7 nitrogen and oxygen atoms in total. The van der Waals surface area contributed by atoms with E-state index < -0.39 is 29.6 Å². The average Bonchev–Trinajstić information content (AvgIpc) is 2.44. The Bertz CT molecular complexity index is 605. The highest BCUT2D eigenvalue weighted by Gasteiger charge is 2.35. The minimum atomic E-state index is -0.812. The molecule has 3 amide bonds. The number of nitrogens with one attached hydrogen (secondary N) is 2. The van der Waals surface area contributed by atoms with Gasteiger partial charge >= 0.3 is 0 Å². The Morgan fingerprint density at radius 3 is 2.95 bits per heavy atom. The van der Waals surface area contributed by atoms with Gasteiger partial charge in [0, 0.05) is 6.54 Å². The number of halogens is 1. The van der Waals surface area contributed by atoms with Crippen LogP contribution >= 0.6 is 0 Å². The van der Waals surface area contributed by atoms with E-state index in [1.807, 2.05) is 0 Å². The first-order valence-electron chi connectivity index (χ1n) is 6.48. The molecule has 1 aromatic heterocycles. The summed E-state index contributed by atoms with van der Waals surface area (Å²) in [5.41, 5.74) is -0.00815. The third-order valence-corrected chi connectivity index (χ3v) is 3.11. The molecule has 0 saturated carbocycles. The fraction of sp³-hybridized carbons (Fsp3) is 0.385. The summed E-state index contributed by atoms with van der Waals surface area (Å²) in [7, 11) is 0. The molecule has 1 aliphatic heterocycles. The number of pyridine rings is 1. The van der Waals surface area contributed by atoms with Crippen molar-refractivity contribution < 1.29 is 18.8 Å². The van der Waals surface area contributed by atoms with Gasteiger partial charge < -0.3 is 10.2 Å². The van der Waals surface area contributed by atoms with E-state index in [-0.39, 0.29) is 17.9 Å². The normalized spacial score (nSPS) is 18.4. The highest BCUT2D eigenvalue weighted by molar-refractivity contribution is 6.08. The molecule has 0 aromatic carbocycles. The molecule has 112 valence electrons. The molecule has 2 N–H and O–H groups in total. The third-order valence-electron chi connectivity index (χ3n) is 3.11. The van der Waals surface area contributed by atoms with Crippen LogP contribution in [0.15, 0.2) is 12.3 Å². The fourth-order valence-electron chi connectivity index (χ4n) is 2.03. The maximum absolute atomic E-state index is 13.4. The Balaban J connectivity index is 2.36. The van der Waals surface area contributed by atoms with E-state index in [1.54, 1.807) is 6.92 Å². The second kappa shape index (κ2) is 5.86. The van der Waals surface area contributed by atoms with Gasteiger partial charge in [0.05, 0.1) is 11.8 Å². The van der Waals surface area contributed by atoms with Gasteiger partial charge in [0.2, 0.25) is 11.8 Å². The van der Waals surface area contributed by atoms with Crippen LogP contribution in [0.25, 0.3) is 0 Å². The van der Waals surface area contributed by atoms with Crippen LogP contribution in [-0.2, 0) is 9.59 Å². The summed E-state index contributed by atoms with van der Waals surface area (Å²) in [5.74, 6) is -2.20. The van der Waals surface area contributed by atoms with Crippen molar-refractivity contribution in [2.75, 3.05) is 18.4 Å². The molecule has 0 spiro atoms. The molecule has 1 saturated heterocycles. The number of piperazine rings is 1. The quantitative estimate of drug-likeness (QED) is 0.774. The van der Waals surface area contributed by atoms with E-state index in [9.17, 15) is 18.8 Å². The SMILES string of the molecule is CCNc1ncc(F)cc1C(=O)N1CC(=O)NC(=O)C1C. The smallest absolute Gasteiger partial charge is 0.258 e. The number of nitrogens with zero attached hydrogens (tertiary/aromatic N) is 2. The Morgan fingerprint density at radius 2 is 2.29 bits per heavy atom. The zero-order valence-corrected chi connectivity index (χ0v) is 11.6. The molecular formula is C13H15FN4O3. The second-order valence-electron chi connectivity index (χ2n) is 4.60. The van der Waals surface area contributed by atoms with Crippen LogP contribution < -0.4 is 10.6 Å². The molecule has 1 atom stereocenters. The summed E-state index contributed by atoms with van der Waals surface area (Å²) in [6.45, 7) is 3.54. The molecule has 0 bridgehead atoms. The van der Waals surface area contributed by atoms with E-state index in [4.69, 9.17) is 0 Å². The predicted octanol–water partition coefficient (Wildman–Crippen LogP) is 0.140. The van der Waals surface area contributed by atoms with E-state index in [0.717, 1.165) is 17.2 Å². The zero-order chi connectivity index (χ0) is 15.6. The van der Waals surface area contributed by atoms with Gasteiger partial charge in [-0.25, -0.2) is 9.37 Å². The first-order chi connectivity index (χ1) is 9.93. The van der Waals surface area contributed by atoms with Crippen LogP contribution in [0.4, 0.5) is 10.2 Å². The lowest BCUT2D eigenvalue weighted by atomic mass is 10.1. The minimum Gasteiger partial charge on any atom is -0.370 e. The monoisotopic (exact) mass is 294 g/mol. The summed E-state index contributed by atoms with van der Waals surface area (Å²) >= 11 is 0. The number of anilines is 1. The zero-order valence-electron chi connectivity index (χ0n) is 11.6. The van der Waals surface area contributed by atoms with Gasteiger partial charge in [-0.15, -0.1) is 0 Å². The van der Waals surface area contributed by atoms with Crippen molar-refractivity contribution in [3.8, 4) is 0 Å². The van der Waals surface area contributed by atoms with Crippen molar-refractivity contribution in [3.63, 3.8) is 0 Å². The molecule has 1 aromatic rings. The van der Waals surface area contributed by atoms with E-state index in [1.165, 1.54) is 6.92 Å². The van der Waals surface area contributed by atoms with Crippen LogP contribution in [-0.4, -0.2) is 46.7 Å². The van der Waals surface area contributed by atoms with Crippen LogP contribution in [0.5, 0.6) is 0 Å². The molecule has 8 heteroatoms. The number of amides is 3. The number of hydrogen-bond acceptors (Lipinski definition) is 5. The van der Waals surface area contributed by atoms with Crippen LogP contribution in [0, 0.1) is 5.82 Å².